The lowest BCUT2D eigenvalue weighted by Crippen LogP contribution is -2.45. The van der Waals surface area contributed by atoms with E-state index in [4.69, 9.17) is 9.47 Å². The molecule has 1 amide bonds. The summed E-state index contributed by atoms with van der Waals surface area (Å²) in [7, 11) is 2.11. The molecular formula is C27H27F3N6O3. The standard InChI is InChI=1S/C27H27F3N6O3/c1-17-23(38-13-12-35-10-8-34(2)9-11-35)15-36-25(17)27(31-16-32-36)39-22-7-6-18(14-21(22)29)33-26(37)19-4-3-5-20(28)24(19)30/h3-7,14-16H,8-13H2,1-2H3,(H,33,37). The number of fused-ring (bicyclic) bond motifs is 1. The third-order valence-electron chi connectivity index (χ3n) is 6.60. The molecule has 3 heterocycles. The maximum Gasteiger partial charge on any atom is 0.258 e. The average molecular weight is 541 g/mol. The van der Waals surface area contributed by atoms with Crippen LogP contribution < -0.4 is 14.8 Å². The van der Waals surface area contributed by atoms with Crippen molar-refractivity contribution in [3.63, 3.8) is 0 Å². The summed E-state index contributed by atoms with van der Waals surface area (Å²) >= 11 is 0. The van der Waals surface area contributed by atoms with Gasteiger partial charge in [0.05, 0.1) is 11.8 Å². The highest BCUT2D eigenvalue weighted by atomic mass is 19.2. The predicted octanol–water partition coefficient (Wildman–Crippen LogP) is 4.13. The molecule has 0 aliphatic carbocycles. The summed E-state index contributed by atoms with van der Waals surface area (Å²) in [6.07, 6.45) is 3.01. The number of amides is 1. The Morgan fingerprint density at radius 2 is 1.85 bits per heavy atom. The molecule has 0 bridgehead atoms. The van der Waals surface area contributed by atoms with Crippen molar-refractivity contribution in [1.82, 2.24) is 24.4 Å². The summed E-state index contributed by atoms with van der Waals surface area (Å²) in [6.45, 7) is 7.20. The second-order valence-corrected chi connectivity index (χ2v) is 9.27. The van der Waals surface area contributed by atoms with E-state index in [1.54, 1.807) is 10.7 Å². The third kappa shape index (κ3) is 5.81. The SMILES string of the molecule is Cc1c(OCCN2CCN(C)CC2)cn2ncnc(Oc3ccc(NC(=O)c4cccc(F)c4F)cc3F)c12. The number of hydrogen-bond donors (Lipinski definition) is 1. The molecule has 4 aromatic rings. The molecule has 1 fully saturated rings. The van der Waals surface area contributed by atoms with Crippen molar-refractivity contribution in [3.05, 3.63) is 77.5 Å². The first-order chi connectivity index (χ1) is 18.8. The lowest BCUT2D eigenvalue weighted by Gasteiger charge is -2.32. The van der Waals surface area contributed by atoms with Crippen molar-refractivity contribution in [2.75, 3.05) is 51.7 Å². The van der Waals surface area contributed by atoms with Gasteiger partial charge >= 0.3 is 0 Å². The van der Waals surface area contributed by atoms with E-state index in [0.717, 1.165) is 56.5 Å². The molecule has 5 rings (SSSR count). The Kier molecular flexibility index (Phi) is 7.66. The Morgan fingerprint density at radius 1 is 1.05 bits per heavy atom. The van der Waals surface area contributed by atoms with Gasteiger partial charge in [0.25, 0.3) is 5.91 Å². The van der Waals surface area contributed by atoms with Gasteiger partial charge in [0.15, 0.2) is 23.2 Å². The van der Waals surface area contributed by atoms with Gasteiger partial charge in [-0.25, -0.2) is 17.7 Å². The molecule has 0 atom stereocenters. The van der Waals surface area contributed by atoms with Crippen molar-refractivity contribution in [2.45, 2.75) is 6.92 Å². The Morgan fingerprint density at radius 3 is 2.62 bits per heavy atom. The number of aryl methyl sites for hydroxylation is 1. The summed E-state index contributed by atoms with van der Waals surface area (Å²) in [5, 5.41) is 6.57. The lowest BCUT2D eigenvalue weighted by atomic mass is 10.2. The number of hydrogen-bond acceptors (Lipinski definition) is 7. The number of anilines is 1. The minimum absolute atomic E-state index is 0.0382. The number of benzene rings is 2. The van der Waals surface area contributed by atoms with Crippen LogP contribution in [0.4, 0.5) is 18.9 Å². The minimum atomic E-state index is -1.28. The van der Waals surface area contributed by atoms with E-state index < -0.39 is 28.9 Å². The summed E-state index contributed by atoms with van der Waals surface area (Å²) in [5.41, 5.74) is 0.802. The molecule has 1 aliphatic heterocycles. The van der Waals surface area contributed by atoms with Crippen LogP contribution >= 0.6 is 0 Å². The third-order valence-corrected chi connectivity index (χ3v) is 6.60. The molecule has 2 aromatic carbocycles. The van der Waals surface area contributed by atoms with Crippen LogP contribution in [0.2, 0.25) is 0 Å². The summed E-state index contributed by atoms with van der Waals surface area (Å²) in [6, 6.07) is 6.94. The highest BCUT2D eigenvalue weighted by Crippen LogP contribution is 2.33. The van der Waals surface area contributed by atoms with E-state index in [9.17, 15) is 18.0 Å². The molecule has 0 radical (unpaired) electrons. The van der Waals surface area contributed by atoms with Crippen LogP contribution in [0.25, 0.3) is 5.52 Å². The Labute approximate surface area is 222 Å². The number of rotatable bonds is 8. The Balaban J connectivity index is 1.28. The zero-order valence-electron chi connectivity index (χ0n) is 21.5. The molecule has 1 aliphatic rings. The number of carbonyl (C=O) groups is 1. The van der Waals surface area contributed by atoms with E-state index in [1.165, 1.54) is 24.5 Å². The molecule has 0 saturated carbocycles. The number of piperazine rings is 1. The zero-order chi connectivity index (χ0) is 27.5. The van der Waals surface area contributed by atoms with Gasteiger partial charge in [-0.2, -0.15) is 10.1 Å². The maximum atomic E-state index is 14.9. The number of halogens is 3. The van der Waals surface area contributed by atoms with Gasteiger partial charge in [0, 0.05) is 50.0 Å². The highest BCUT2D eigenvalue weighted by Gasteiger charge is 2.19. The number of aromatic nitrogens is 3. The Bertz CT molecular complexity index is 1500. The summed E-state index contributed by atoms with van der Waals surface area (Å²) in [5.74, 6) is -3.56. The van der Waals surface area contributed by atoms with Gasteiger partial charge in [0.2, 0.25) is 5.88 Å². The monoisotopic (exact) mass is 540 g/mol. The van der Waals surface area contributed by atoms with E-state index in [-0.39, 0.29) is 17.3 Å². The van der Waals surface area contributed by atoms with Crippen molar-refractivity contribution < 1.29 is 27.4 Å². The van der Waals surface area contributed by atoms with Crippen LogP contribution in [-0.4, -0.2) is 76.7 Å². The number of nitrogens with zero attached hydrogens (tertiary/aromatic N) is 5. The van der Waals surface area contributed by atoms with Crippen LogP contribution in [0.5, 0.6) is 17.4 Å². The smallest absolute Gasteiger partial charge is 0.258 e. The molecule has 39 heavy (non-hydrogen) atoms. The van der Waals surface area contributed by atoms with Crippen LogP contribution in [-0.2, 0) is 0 Å². The molecule has 204 valence electrons. The number of nitrogens with one attached hydrogen (secondary N) is 1. The van der Waals surface area contributed by atoms with E-state index in [0.29, 0.717) is 17.9 Å². The lowest BCUT2D eigenvalue weighted by molar-refractivity contribution is 0.102. The largest absolute Gasteiger partial charge is 0.490 e. The van der Waals surface area contributed by atoms with E-state index in [1.807, 2.05) is 6.92 Å². The fourth-order valence-corrected chi connectivity index (χ4v) is 4.32. The Hall–Kier alpha value is -4.16. The first kappa shape index (κ1) is 26.4. The number of carbonyl (C=O) groups excluding carboxylic acids is 1. The zero-order valence-corrected chi connectivity index (χ0v) is 21.5. The van der Waals surface area contributed by atoms with Gasteiger partial charge < -0.3 is 19.7 Å². The second kappa shape index (κ2) is 11.3. The van der Waals surface area contributed by atoms with E-state index in [2.05, 4.69) is 32.2 Å². The van der Waals surface area contributed by atoms with Crippen LogP contribution in [0, 0.1) is 24.4 Å². The topological polar surface area (TPSA) is 84.2 Å². The summed E-state index contributed by atoms with van der Waals surface area (Å²) in [4.78, 5) is 21.1. The highest BCUT2D eigenvalue weighted by molar-refractivity contribution is 6.04. The predicted molar refractivity (Wildman–Crippen MR) is 138 cm³/mol. The average Bonchev–Trinajstić information content (AvgIpc) is 3.24. The van der Waals surface area contributed by atoms with Crippen LogP contribution in [0.3, 0.4) is 0 Å². The van der Waals surface area contributed by atoms with Gasteiger partial charge in [-0.05, 0) is 38.2 Å². The molecule has 0 unspecified atom stereocenters. The van der Waals surface area contributed by atoms with E-state index >= 15 is 0 Å². The number of likely N-dealkylation sites (N-methyl/N-ethyl adjacent to an activating group) is 1. The van der Waals surface area contributed by atoms with Crippen LogP contribution in [0.1, 0.15) is 15.9 Å². The van der Waals surface area contributed by atoms with Crippen molar-refractivity contribution in [2.24, 2.45) is 0 Å². The number of ether oxygens (including phenoxy) is 2. The van der Waals surface area contributed by atoms with Crippen LogP contribution in [0.15, 0.2) is 48.9 Å². The van der Waals surface area contributed by atoms with Gasteiger partial charge in [-0.3, -0.25) is 9.69 Å². The molecule has 9 nitrogen and oxygen atoms in total. The fraction of sp³-hybridized carbons (Fsp3) is 0.296. The normalized spacial score (nSPS) is 14.5. The molecule has 0 spiro atoms. The first-order valence-electron chi connectivity index (χ1n) is 12.4. The van der Waals surface area contributed by atoms with Gasteiger partial charge in [-0.1, -0.05) is 6.07 Å². The fourth-order valence-electron chi connectivity index (χ4n) is 4.32. The van der Waals surface area contributed by atoms with Gasteiger partial charge in [-0.15, -0.1) is 0 Å². The maximum absolute atomic E-state index is 14.9. The molecular weight excluding hydrogens is 513 g/mol. The molecule has 1 N–H and O–H groups in total. The molecule has 2 aromatic heterocycles. The summed E-state index contributed by atoms with van der Waals surface area (Å²) < 4.78 is 55.6. The first-order valence-corrected chi connectivity index (χ1v) is 12.4. The molecule has 1 saturated heterocycles. The van der Waals surface area contributed by atoms with Crippen molar-refractivity contribution in [1.29, 1.82) is 0 Å². The van der Waals surface area contributed by atoms with Crippen molar-refractivity contribution in [3.8, 4) is 17.4 Å². The molecule has 12 heteroatoms. The minimum Gasteiger partial charge on any atom is -0.490 e. The quantitative estimate of drug-likeness (QED) is 0.360. The second-order valence-electron chi connectivity index (χ2n) is 9.27. The van der Waals surface area contributed by atoms with Gasteiger partial charge in [0.1, 0.15) is 24.2 Å². The van der Waals surface area contributed by atoms with Crippen molar-refractivity contribution >= 4 is 17.1 Å².